The molecule has 1 heterocycles. The molecule has 1 atom stereocenters. The third kappa shape index (κ3) is 5.01. The second-order valence-corrected chi connectivity index (χ2v) is 6.68. The van der Waals surface area contributed by atoms with Crippen LogP contribution in [0.2, 0.25) is 0 Å². The zero-order valence-electron chi connectivity index (χ0n) is 14.5. The maximum absolute atomic E-state index is 12.3. The summed E-state index contributed by atoms with van der Waals surface area (Å²) in [5, 5.41) is 6.00. The third-order valence-corrected chi connectivity index (χ3v) is 4.33. The van der Waals surface area contributed by atoms with Crippen molar-refractivity contribution in [3.8, 4) is 0 Å². The number of nitrogens with one attached hydrogen (secondary N) is 2. The van der Waals surface area contributed by atoms with Crippen molar-refractivity contribution >= 4 is 44.8 Å². The average Bonchev–Trinajstić information content (AvgIpc) is 2.67. The summed E-state index contributed by atoms with van der Waals surface area (Å²) in [4.78, 5) is 32.7. The lowest BCUT2D eigenvalue weighted by Crippen LogP contribution is -2.45. The summed E-state index contributed by atoms with van der Waals surface area (Å²) in [5.41, 5.74) is 1.60. The van der Waals surface area contributed by atoms with E-state index in [1.165, 1.54) is 7.11 Å². The Kier molecular flexibility index (Phi) is 5.97. The van der Waals surface area contributed by atoms with Gasteiger partial charge in [0.25, 0.3) is 0 Å². The molecule has 0 radical (unpaired) electrons. The standard InChI is InChI=1S/C19H17BrN4O3/c1-27-17(25)16(9-12-5-3-2-4-6-12)23-19(26)24-18-21-11-13-10-14(20)7-8-15(13)22-18/h2-8,10-11,16H,9H2,1H3,(H2,21,22,23,24,26)/t16-/m0/s1. The molecule has 0 unspecified atom stereocenters. The summed E-state index contributed by atoms with van der Waals surface area (Å²) in [6, 6.07) is 13.5. The molecule has 0 saturated heterocycles. The average molecular weight is 429 g/mol. The predicted octanol–water partition coefficient (Wildman–Crippen LogP) is 3.30. The number of carbonyl (C=O) groups is 2. The van der Waals surface area contributed by atoms with Crippen LogP contribution in [-0.4, -0.2) is 35.1 Å². The highest BCUT2D eigenvalue weighted by Crippen LogP contribution is 2.18. The maximum Gasteiger partial charge on any atom is 0.328 e. The molecule has 2 amide bonds. The number of benzene rings is 2. The quantitative estimate of drug-likeness (QED) is 0.608. The fourth-order valence-electron chi connectivity index (χ4n) is 2.55. The molecule has 0 aliphatic carbocycles. The van der Waals surface area contributed by atoms with Gasteiger partial charge in [0.2, 0.25) is 5.95 Å². The van der Waals surface area contributed by atoms with E-state index in [0.717, 1.165) is 15.4 Å². The van der Waals surface area contributed by atoms with E-state index in [2.05, 4.69) is 36.5 Å². The maximum atomic E-state index is 12.3. The predicted molar refractivity (Wildman–Crippen MR) is 105 cm³/mol. The number of anilines is 1. The van der Waals surface area contributed by atoms with Gasteiger partial charge < -0.3 is 10.1 Å². The van der Waals surface area contributed by atoms with Gasteiger partial charge in [-0.1, -0.05) is 46.3 Å². The van der Waals surface area contributed by atoms with Crippen LogP contribution < -0.4 is 10.6 Å². The summed E-state index contributed by atoms with van der Waals surface area (Å²) in [5.74, 6) is -0.385. The third-order valence-electron chi connectivity index (χ3n) is 3.84. The Morgan fingerprint density at radius 3 is 2.70 bits per heavy atom. The monoisotopic (exact) mass is 428 g/mol. The minimum atomic E-state index is -0.825. The lowest BCUT2D eigenvalue weighted by Gasteiger charge is -2.16. The summed E-state index contributed by atoms with van der Waals surface area (Å²) in [6.45, 7) is 0. The number of urea groups is 1. The molecule has 0 spiro atoms. The van der Waals surface area contributed by atoms with E-state index in [4.69, 9.17) is 4.74 Å². The Bertz CT molecular complexity index is 966. The highest BCUT2D eigenvalue weighted by molar-refractivity contribution is 9.10. The number of nitrogens with zero attached hydrogens (tertiary/aromatic N) is 2. The van der Waals surface area contributed by atoms with Gasteiger partial charge in [-0.2, -0.15) is 0 Å². The molecular weight excluding hydrogens is 412 g/mol. The summed E-state index contributed by atoms with van der Waals surface area (Å²) >= 11 is 3.39. The van der Waals surface area contributed by atoms with Crippen LogP contribution in [0.25, 0.3) is 10.9 Å². The van der Waals surface area contributed by atoms with Gasteiger partial charge in [-0.15, -0.1) is 0 Å². The molecule has 3 aromatic rings. The van der Waals surface area contributed by atoms with E-state index in [9.17, 15) is 9.59 Å². The number of rotatable bonds is 5. The second kappa shape index (κ2) is 8.59. The number of ether oxygens (including phenoxy) is 1. The van der Waals surface area contributed by atoms with Crippen LogP contribution in [0.1, 0.15) is 5.56 Å². The fourth-order valence-corrected chi connectivity index (χ4v) is 2.92. The molecule has 3 rings (SSSR count). The van der Waals surface area contributed by atoms with Crippen LogP contribution in [0.4, 0.5) is 10.7 Å². The first-order valence-electron chi connectivity index (χ1n) is 8.17. The van der Waals surface area contributed by atoms with Crippen LogP contribution >= 0.6 is 15.9 Å². The van der Waals surface area contributed by atoms with Crippen LogP contribution in [0.15, 0.2) is 59.2 Å². The molecule has 2 aromatic carbocycles. The van der Waals surface area contributed by atoms with E-state index in [1.54, 1.807) is 6.20 Å². The van der Waals surface area contributed by atoms with Crippen molar-refractivity contribution in [3.63, 3.8) is 0 Å². The Balaban J connectivity index is 1.70. The minimum Gasteiger partial charge on any atom is -0.467 e. The SMILES string of the molecule is COC(=O)[C@H](Cc1ccccc1)NC(=O)Nc1ncc2cc(Br)ccc2n1. The van der Waals surface area contributed by atoms with Crippen LogP contribution in [0.5, 0.6) is 0 Å². The minimum absolute atomic E-state index is 0.144. The molecular formula is C19H17BrN4O3. The summed E-state index contributed by atoms with van der Waals surface area (Å²) in [6.07, 6.45) is 1.93. The molecule has 0 saturated carbocycles. The molecule has 27 heavy (non-hydrogen) atoms. The zero-order chi connectivity index (χ0) is 19.2. The first-order valence-corrected chi connectivity index (χ1v) is 8.96. The van der Waals surface area contributed by atoms with Crippen molar-refractivity contribution in [2.75, 3.05) is 12.4 Å². The number of hydrogen-bond acceptors (Lipinski definition) is 5. The van der Waals surface area contributed by atoms with Gasteiger partial charge in [0.1, 0.15) is 6.04 Å². The van der Waals surface area contributed by atoms with Crippen molar-refractivity contribution in [2.45, 2.75) is 12.5 Å². The molecule has 2 N–H and O–H groups in total. The Morgan fingerprint density at radius 1 is 1.19 bits per heavy atom. The Morgan fingerprint density at radius 2 is 1.96 bits per heavy atom. The number of amides is 2. The van der Waals surface area contributed by atoms with Crippen molar-refractivity contribution < 1.29 is 14.3 Å². The number of halogens is 1. The van der Waals surface area contributed by atoms with E-state index in [1.807, 2.05) is 48.5 Å². The smallest absolute Gasteiger partial charge is 0.328 e. The van der Waals surface area contributed by atoms with Crippen LogP contribution in [0, 0.1) is 0 Å². The van der Waals surface area contributed by atoms with Crippen molar-refractivity contribution in [1.29, 1.82) is 0 Å². The Labute approximate surface area is 164 Å². The van der Waals surface area contributed by atoms with E-state index in [0.29, 0.717) is 11.9 Å². The number of fused-ring (bicyclic) bond motifs is 1. The van der Waals surface area contributed by atoms with Gasteiger partial charge in [0, 0.05) is 22.5 Å². The van der Waals surface area contributed by atoms with Gasteiger partial charge in [0.05, 0.1) is 12.6 Å². The number of aromatic nitrogens is 2. The second-order valence-electron chi connectivity index (χ2n) is 5.76. The molecule has 0 fully saturated rings. The van der Waals surface area contributed by atoms with Crippen molar-refractivity contribution in [2.24, 2.45) is 0 Å². The van der Waals surface area contributed by atoms with Crippen molar-refractivity contribution in [1.82, 2.24) is 15.3 Å². The van der Waals surface area contributed by atoms with E-state index in [-0.39, 0.29) is 5.95 Å². The van der Waals surface area contributed by atoms with E-state index >= 15 is 0 Å². The number of carbonyl (C=O) groups excluding carboxylic acids is 2. The zero-order valence-corrected chi connectivity index (χ0v) is 16.1. The first-order chi connectivity index (χ1) is 13.0. The van der Waals surface area contributed by atoms with Crippen LogP contribution in [0.3, 0.4) is 0 Å². The molecule has 1 aromatic heterocycles. The Hall–Kier alpha value is -3.00. The van der Waals surface area contributed by atoms with Gasteiger partial charge in [-0.25, -0.2) is 19.6 Å². The summed E-state index contributed by atoms with van der Waals surface area (Å²) in [7, 11) is 1.28. The van der Waals surface area contributed by atoms with Gasteiger partial charge in [0.15, 0.2) is 0 Å². The lowest BCUT2D eigenvalue weighted by molar-refractivity contribution is -0.142. The lowest BCUT2D eigenvalue weighted by atomic mass is 10.1. The van der Waals surface area contributed by atoms with Crippen LogP contribution in [-0.2, 0) is 16.0 Å². The highest BCUT2D eigenvalue weighted by Gasteiger charge is 2.22. The van der Waals surface area contributed by atoms with Crippen molar-refractivity contribution in [3.05, 3.63) is 64.8 Å². The molecule has 0 aliphatic rings. The fraction of sp³-hybridized carbons (Fsp3) is 0.158. The van der Waals surface area contributed by atoms with Gasteiger partial charge >= 0.3 is 12.0 Å². The normalized spacial score (nSPS) is 11.6. The molecule has 8 heteroatoms. The highest BCUT2D eigenvalue weighted by atomic mass is 79.9. The number of esters is 1. The molecule has 0 aliphatic heterocycles. The summed E-state index contributed by atoms with van der Waals surface area (Å²) < 4.78 is 5.70. The number of methoxy groups -OCH3 is 1. The van der Waals surface area contributed by atoms with E-state index < -0.39 is 18.0 Å². The largest absolute Gasteiger partial charge is 0.467 e. The number of hydrogen-bond donors (Lipinski definition) is 2. The van der Waals surface area contributed by atoms with Gasteiger partial charge in [-0.3, -0.25) is 5.32 Å². The topological polar surface area (TPSA) is 93.2 Å². The molecule has 0 bridgehead atoms. The first kappa shape index (κ1) is 18.8. The molecule has 7 nitrogen and oxygen atoms in total. The van der Waals surface area contributed by atoms with Gasteiger partial charge in [-0.05, 0) is 23.8 Å². The molecule has 138 valence electrons.